The maximum atomic E-state index is 12.9. The lowest BCUT2D eigenvalue weighted by atomic mass is 9.82. The van der Waals surface area contributed by atoms with Gasteiger partial charge in [0.15, 0.2) is 11.6 Å². The molecule has 5 nitrogen and oxygen atoms in total. The number of anilines is 1. The van der Waals surface area contributed by atoms with Crippen molar-refractivity contribution >= 4 is 17.3 Å². The molecule has 3 rings (SSSR count). The van der Waals surface area contributed by atoms with E-state index in [-0.39, 0.29) is 28.4 Å². The molecule has 0 amide bonds. The molecule has 0 aliphatic heterocycles. The summed E-state index contributed by atoms with van der Waals surface area (Å²) in [4.78, 5) is 27.6. The van der Waals surface area contributed by atoms with E-state index in [1.807, 2.05) is 14.1 Å². The van der Waals surface area contributed by atoms with Crippen molar-refractivity contribution in [3.63, 3.8) is 0 Å². The number of fused-ring (bicyclic) bond motifs is 2. The van der Waals surface area contributed by atoms with E-state index in [1.165, 1.54) is 6.07 Å². The number of rotatable bonds is 5. The first kappa shape index (κ1) is 16.2. The van der Waals surface area contributed by atoms with Crippen LogP contribution in [0.4, 0.5) is 5.69 Å². The van der Waals surface area contributed by atoms with E-state index in [9.17, 15) is 14.7 Å². The molecule has 0 fully saturated rings. The van der Waals surface area contributed by atoms with Crippen LogP contribution in [-0.4, -0.2) is 48.8 Å². The first-order valence-electron chi connectivity index (χ1n) is 7.93. The molecule has 24 heavy (non-hydrogen) atoms. The highest BCUT2D eigenvalue weighted by Gasteiger charge is 2.33. The number of hydrogen-bond acceptors (Lipinski definition) is 5. The van der Waals surface area contributed by atoms with Crippen molar-refractivity contribution < 1.29 is 14.7 Å². The van der Waals surface area contributed by atoms with E-state index >= 15 is 0 Å². The maximum Gasteiger partial charge on any atom is 0.198 e. The number of carbonyl (C=O) groups is 2. The minimum absolute atomic E-state index is 0.0938. The van der Waals surface area contributed by atoms with Crippen LogP contribution < -0.4 is 5.32 Å². The molecule has 0 aromatic heterocycles. The van der Waals surface area contributed by atoms with Gasteiger partial charge in [0, 0.05) is 23.4 Å². The van der Waals surface area contributed by atoms with Gasteiger partial charge in [0.1, 0.15) is 5.75 Å². The molecule has 2 aromatic rings. The number of benzene rings is 2. The molecule has 0 atom stereocenters. The Hall–Kier alpha value is -2.66. The van der Waals surface area contributed by atoms with Crippen LogP contribution in [-0.2, 0) is 0 Å². The molecule has 1 aliphatic rings. The molecule has 0 heterocycles. The average Bonchev–Trinajstić information content (AvgIpc) is 2.57. The van der Waals surface area contributed by atoms with Gasteiger partial charge in [-0.05, 0) is 39.2 Å². The number of phenolic OH excluding ortho intramolecular Hbond substituents is 1. The molecular weight excluding hydrogens is 304 g/mol. The fourth-order valence-electron chi connectivity index (χ4n) is 2.97. The molecule has 124 valence electrons. The zero-order valence-corrected chi connectivity index (χ0v) is 13.8. The van der Waals surface area contributed by atoms with Crippen molar-refractivity contribution in [2.45, 2.75) is 6.42 Å². The largest absolute Gasteiger partial charge is 0.507 e. The van der Waals surface area contributed by atoms with Crippen molar-refractivity contribution in [3.05, 3.63) is 58.7 Å². The van der Waals surface area contributed by atoms with Crippen LogP contribution in [0.2, 0.25) is 0 Å². The molecule has 0 bridgehead atoms. The van der Waals surface area contributed by atoms with Gasteiger partial charge in [-0.3, -0.25) is 9.59 Å². The van der Waals surface area contributed by atoms with Gasteiger partial charge in [-0.1, -0.05) is 24.3 Å². The molecule has 0 saturated carbocycles. The van der Waals surface area contributed by atoms with Gasteiger partial charge in [0.05, 0.1) is 11.1 Å². The normalized spacial score (nSPS) is 13.0. The summed E-state index contributed by atoms with van der Waals surface area (Å²) in [6, 6.07) is 9.85. The van der Waals surface area contributed by atoms with Crippen LogP contribution >= 0.6 is 0 Å². The molecule has 5 heteroatoms. The fourth-order valence-corrected chi connectivity index (χ4v) is 2.97. The Morgan fingerprint density at radius 2 is 1.58 bits per heavy atom. The van der Waals surface area contributed by atoms with E-state index in [4.69, 9.17) is 0 Å². The van der Waals surface area contributed by atoms with Crippen LogP contribution in [0.1, 0.15) is 38.3 Å². The molecule has 2 N–H and O–H groups in total. The molecule has 0 spiro atoms. The summed E-state index contributed by atoms with van der Waals surface area (Å²) in [5.74, 6) is -0.697. The summed E-state index contributed by atoms with van der Waals surface area (Å²) >= 11 is 0. The highest BCUT2D eigenvalue weighted by molar-refractivity contribution is 6.31. The molecule has 1 aliphatic carbocycles. The van der Waals surface area contributed by atoms with Gasteiger partial charge in [-0.15, -0.1) is 0 Å². The molecule has 0 saturated heterocycles. The van der Waals surface area contributed by atoms with Crippen molar-refractivity contribution in [2.75, 3.05) is 32.5 Å². The number of hydrogen-bond donors (Lipinski definition) is 2. The third kappa shape index (κ3) is 2.78. The third-order valence-corrected chi connectivity index (χ3v) is 4.15. The number of carbonyl (C=O) groups excluding carboxylic acids is 2. The van der Waals surface area contributed by atoms with E-state index in [0.29, 0.717) is 23.4 Å². The Balaban J connectivity index is 1.98. The lowest BCUT2D eigenvalue weighted by Crippen LogP contribution is -2.23. The smallest absolute Gasteiger partial charge is 0.198 e. The summed E-state index contributed by atoms with van der Waals surface area (Å²) in [7, 11) is 4.00. The quantitative estimate of drug-likeness (QED) is 0.557. The minimum Gasteiger partial charge on any atom is -0.507 e. The first-order valence-corrected chi connectivity index (χ1v) is 7.93. The van der Waals surface area contributed by atoms with Crippen molar-refractivity contribution in [1.82, 2.24) is 4.90 Å². The summed E-state index contributed by atoms with van der Waals surface area (Å²) in [5, 5.41) is 13.4. The monoisotopic (exact) mass is 324 g/mol. The number of ketones is 2. The Morgan fingerprint density at radius 3 is 2.21 bits per heavy atom. The SMILES string of the molecule is CN(C)CCCNc1ccc(O)c2c1C(=O)c1ccccc1C2=O. The minimum atomic E-state index is -0.311. The van der Waals surface area contributed by atoms with Gasteiger partial charge < -0.3 is 15.3 Å². The molecule has 0 radical (unpaired) electrons. The number of aromatic hydroxyl groups is 1. The van der Waals surface area contributed by atoms with Gasteiger partial charge in [0.2, 0.25) is 0 Å². The summed E-state index contributed by atoms with van der Waals surface area (Å²) < 4.78 is 0. The van der Waals surface area contributed by atoms with Crippen molar-refractivity contribution in [1.29, 1.82) is 0 Å². The number of nitrogens with one attached hydrogen (secondary N) is 1. The summed E-state index contributed by atoms with van der Waals surface area (Å²) in [6.45, 7) is 1.60. The highest BCUT2D eigenvalue weighted by Crippen LogP contribution is 2.36. The Morgan fingerprint density at radius 1 is 0.958 bits per heavy atom. The van der Waals surface area contributed by atoms with E-state index in [2.05, 4.69) is 10.2 Å². The Labute approximate surface area is 140 Å². The fraction of sp³-hybridized carbons (Fsp3) is 0.263. The second-order valence-electron chi connectivity index (χ2n) is 6.17. The van der Waals surface area contributed by atoms with E-state index in [0.717, 1.165) is 13.0 Å². The summed E-state index contributed by atoms with van der Waals surface area (Å²) in [6.07, 6.45) is 0.904. The first-order chi connectivity index (χ1) is 11.5. The van der Waals surface area contributed by atoms with E-state index < -0.39 is 0 Å². The van der Waals surface area contributed by atoms with Gasteiger partial charge in [-0.2, -0.15) is 0 Å². The lowest BCUT2D eigenvalue weighted by Gasteiger charge is -2.21. The molecule has 0 unspecified atom stereocenters. The molecular formula is C19H20N2O3. The van der Waals surface area contributed by atoms with Crippen LogP contribution in [0.3, 0.4) is 0 Å². The van der Waals surface area contributed by atoms with Gasteiger partial charge >= 0.3 is 0 Å². The third-order valence-electron chi connectivity index (χ3n) is 4.15. The van der Waals surface area contributed by atoms with Gasteiger partial charge in [0.25, 0.3) is 0 Å². The highest BCUT2D eigenvalue weighted by atomic mass is 16.3. The number of nitrogens with zero attached hydrogens (tertiary/aromatic N) is 1. The topological polar surface area (TPSA) is 69.6 Å². The Kier molecular flexibility index (Phi) is 4.36. The van der Waals surface area contributed by atoms with Crippen molar-refractivity contribution in [2.24, 2.45) is 0 Å². The van der Waals surface area contributed by atoms with Crippen molar-refractivity contribution in [3.8, 4) is 5.75 Å². The average molecular weight is 324 g/mol. The number of phenols is 1. The zero-order chi connectivity index (χ0) is 17.3. The summed E-state index contributed by atoms with van der Waals surface area (Å²) in [5.41, 5.74) is 1.68. The van der Waals surface area contributed by atoms with Crippen LogP contribution in [0, 0.1) is 0 Å². The predicted molar refractivity (Wildman–Crippen MR) is 93.1 cm³/mol. The predicted octanol–water partition coefficient (Wildman–Crippen LogP) is 2.53. The van der Waals surface area contributed by atoms with E-state index in [1.54, 1.807) is 30.3 Å². The second-order valence-corrected chi connectivity index (χ2v) is 6.17. The lowest BCUT2D eigenvalue weighted by molar-refractivity contribution is 0.0977. The zero-order valence-electron chi connectivity index (χ0n) is 13.8. The van der Waals surface area contributed by atoms with Crippen LogP contribution in [0.25, 0.3) is 0 Å². The molecule has 2 aromatic carbocycles. The van der Waals surface area contributed by atoms with Gasteiger partial charge in [-0.25, -0.2) is 0 Å². The Bertz CT molecular complexity index is 812. The second kappa shape index (κ2) is 6.45. The van der Waals surface area contributed by atoms with Crippen LogP contribution in [0.5, 0.6) is 5.75 Å². The maximum absolute atomic E-state index is 12.9. The standard InChI is InChI=1S/C19H20N2O3/c1-21(2)11-5-10-20-14-8-9-15(22)17-16(14)18(23)12-6-3-4-7-13(12)19(17)24/h3-4,6-9,20,22H,5,10-11H2,1-2H3. The van der Waals surface area contributed by atoms with Crippen LogP contribution in [0.15, 0.2) is 36.4 Å².